The Bertz CT molecular complexity index is 221. The van der Waals surface area contributed by atoms with Crippen molar-refractivity contribution in [2.75, 3.05) is 7.11 Å². The summed E-state index contributed by atoms with van der Waals surface area (Å²) < 4.78 is 0. The van der Waals surface area contributed by atoms with E-state index in [9.17, 15) is 0 Å². The van der Waals surface area contributed by atoms with Crippen LogP contribution < -0.4 is 0 Å². The summed E-state index contributed by atoms with van der Waals surface area (Å²) in [6, 6.07) is 8.13. The Hall–Kier alpha value is -0.860. The van der Waals surface area contributed by atoms with Crippen molar-refractivity contribution in [3.63, 3.8) is 0 Å². The number of aryl methyl sites for hydroxylation is 1. The molecule has 1 rings (SSSR count). The fraction of sp³-hybridized carbons (Fsp3) is 0.333. The summed E-state index contributed by atoms with van der Waals surface area (Å²) in [7, 11) is 1.51. The van der Waals surface area contributed by atoms with E-state index in [4.69, 9.17) is 4.89 Å². The van der Waals surface area contributed by atoms with E-state index in [1.165, 1.54) is 12.7 Å². The van der Waals surface area contributed by atoms with Crippen molar-refractivity contribution < 1.29 is 9.78 Å². The van der Waals surface area contributed by atoms with Gasteiger partial charge >= 0.3 is 0 Å². The lowest BCUT2D eigenvalue weighted by Gasteiger charge is -2.00. The predicted octanol–water partition coefficient (Wildman–Crippen LogP) is 2.07. The maximum atomic E-state index is 4.77. The summed E-state index contributed by atoms with van der Waals surface area (Å²) in [5.74, 6) is 0. The Morgan fingerprint density at radius 1 is 1.36 bits per heavy atom. The van der Waals surface area contributed by atoms with Gasteiger partial charge in [0.1, 0.15) is 6.61 Å². The molecule has 11 heavy (non-hydrogen) atoms. The van der Waals surface area contributed by atoms with Gasteiger partial charge in [-0.3, -0.25) is 0 Å². The van der Waals surface area contributed by atoms with Gasteiger partial charge in [-0.1, -0.05) is 29.8 Å². The largest absolute Gasteiger partial charge is 0.240 e. The summed E-state index contributed by atoms with van der Waals surface area (Å²) in [6.07, 6.45) is 0. The molecule has 0 aliphatic rings. The third-order valence-electron chi connectivity index (χ3n) is 1.43. The van der Waals surface area contributed by atoms with Gasteiger partial charge in [0, 0.05) is 0 Å². The lowest BCUT2D eigenvalue weighted by atomic mass is 10.1. The first kappa shape index (κ1) is 8.24. The molecule has 2 nitrogen and oxygen atoms in total. The molecule has 0 heterocycles. The van der Waals surface area contributed by atoms with Crippen LogP contribution in [0.1, 0.15) is 11.1 Å². The zero-order valence-electron chi connectivity index (χ0n) is 6.83. The molecule has 0 saturated carbocycles. The second-order valence-corrected chi connectivity index (χ2v) is 2.42. The van der Waals surface area contributed by atoms with Gasteiger partial charge < -0.3 is 0 Å². The summed E-state index contributed by atoms with van der Waals surface area (Å²) in [6.45, 7) is 2.56. The van der Waals surface area contributed by atoms with Crippen LogP contribution in [-0.2, 0) is 16.4 Å². The van der Waals surface area contributed by atoms with Crippen molar-refractivity contribution >= 4 is 0 Å². The van der Waals surface area contributed by atoms with Gasteiger partial charge in [0.2, 0.25) is 0 Å². The molecule has 0 aliphatic heterocycles. The predicted molar refractivity (Wildman–Crippen MR) is 43.0 cm³/mol. The first-order valence-electron chi connectivity index (χ1n) is 3.54. The van der Waals surface area contributed by atoms with Gasteiger partial charge in [0.15, 0.2) is 0 Å². The van der Waals surface area contributed by atoms with Crippen LogP contribution >= 0.6 is 0 Å². The Balaban J connectivity index is 2.56. The summed E-state index contributed by atoms with van der Waals surface area (Å²) in [5, 5.41) is 0. The molecule has 60 valence electrons. The van der Waals surface area contributed by atoms with Crippen LogP contribution in [0, 0.1) is 6.92 Å². The summed E-state index contributed by atoms with van der Waals surface area (Å²) in [4.78, 5) is 9.26. The molecule has 1 aromatic carbocycles. The maximum absolute atomic E-state index is 4.77. The number of hydrogen-bond donors (Lipinski definition) is 0. The molecule has 0 bridgehead atoms. The van der Waals surface area contributed by atoms with Gasteiger partial charge in [-0.15, -0.1) is 0 Å². The summed E-state index contributed by atoms with van der Waals surface area (Å²) >= 11 is 0. The van der Waals surface area contributed by atoms with E-state index in [0.29, 0.717) is 6.61 Å². The van der Waals surface area contributed by atoms with E-state index in [0.717, 1.165) is 5.56 Å². The molecule has 0 radical (unpaired) electrons. The number of benzene rings is 1. The highest BCUT2D eigenvalue weighted by Crippen LogP contribution is 2.04. The van der Waals surface area contributed by atoms with Gasteiger partial charge in [0.25, 0.3) is 0 Å². The van der Waals surface area contributed by atoms with Gasteiger partial charge in [0.05, 0.1) is 7.11 Å². The normalized spacial score (nSPS) is 10.0. The molecule has 2 heteroatoms. The zero-order valence-corrected chi connectivity index (χ0v) is 6.83. The first-order chi connectivity index (χ1) is 5.33. The second kappa shape index (κ2) is 4.11. The highest BCUT2D eigenvalue weighted by Gasteiger charge is 1.91. The Morgan fingerprint density at radius 3 is 2.82 bits per heavy atom. The lowest BCUT2D eigenvalue weighted by Crippen LogP contribution is -1.90. The fourth-order valence-corrected chi connectivity index (χ4v) is 0.929. The number of hydrogen-bond acceptors (Lipinski definition) is 2. The molecule has 0 fully saturated rings. The van der Waals surface area contributed by atoms with Crippen molar-refractivity contribution in [3.8, 4) is 0 Å². The van der Waals surface area contributed by atoms with Gasteiger partial charge in [-0.05, 0) is 12.5 Å². The van der Waals surface area contributed by atoms with Crippen molar-refractivity contribution in [2.24, 2.45) is 0 Å². The van der Waals surface area contributed by atoms with Crippen molar-refractivity contribution in [1.82, 2.24) is 0 Å². The van der Waals surface area contributed by atoms with Crippen LogP contribution in [0.4, 0.5) is 0 Å². The molecule has 0 aromatic heterocycles. The van der Waals surface area contributed by atoms with E-state index in [2.05, 4.69) is 23.9 Å². The van der Waals surface area contributed by atoms with Crippen molar-refractivity contribution in [3.05, 3.63) is 35.4 Å². The molecular formula is C9H12O2. The first-order valence-corrected chi connectivity index (χ1v) is 3.54. The fourth-order valence-electron chi connectivity index (χ4n) is 0.929. The third-order valence-corrected chi connectivity index (χ3v) is 1.43. The molecule has 0 N–H and O–H groups in total. The third kappa shape index (κ3) is 2.70. The smallest absolute Gasteiger partial charge is 0.107 e. The van der Waals surface area contributed by atoms with E-state index < -0.39 is 0 Å². The SMILES string of the molecule is COOCc1cccc(C)c1. The van der Waals surface area contributed by atoms with E-state index >= 15 is 0 Å². The molecule has 0 amide bonds. The van der Waals surface area contributed by atoms with E-state index in [1.807, 2.05) is 12.1 Å². The molecule has 0 unspecified atom stereocenters. The van der Waals surface area contributed by atoms with Crippen LogP contribution in [-0.4, -0.2) is 7.11 Å². The zero-order chi connectivity index (χ0) is 8.10. The average Bonchev–Trinajstić information content (AvgIpc) is 2.01. The molecule has 0 spiro atoms. The Labute approximate surface area is 66.7 Å². The molecule has 0 atom stereocenters. The molecule has 0 aliphatic carbocycles. The van der Waals surface area contributed by atoms with E-state index in [-0.39, 0.29) is 0 Å². The van der Waals surface area contributed by atoms with Gasteiger partial charge in [-0.2, -0.15) is 0 Å². The van der Waals surface area contributed by atoms with Crippen LogP contribution in [0.5, 0.6) is 0 Å². The second-order valence-electron chi connectivity index (χ2n) is 2.42. The topological polar surface area (TPSA) is 18.5 Å². The van der Waals surface area contributed by atoms with Crippen LogP contribution in [0.15, 0.2) is 24.3 Å². The van der Waals surface area contributed by atoms with Crippen molar-refractivity contribution in [2.45, 2.75) is 13.5 Å². The van der Waals surface area contributed by atoms with Crippen LogP contribution in [0.25, 0.3) is 0 Å². The number of rotatable bonds is 3. The van der Waals surface area contributed by atoms with Crippen LogP contribution in [0.3, 0.4) is 0 Å². The Morgan fingerprint density at radius 2 is 2.18 bits per heavy atom. The minimum absolute atomic E-state index is 0.512. The van der Waals surface area contributed by atoms with Crippen molar-refractivity contribution in [1.29, 1.82) is 0 Å². The quantitative estimate of drug-likeness (QED) is 0.487. The Kier molecular flexibility index (Phi) is 3.08. The highest BCUT2D eigenvalue weighted by atomic mass is 17.2. The minimum atomic E-state index is 0.512. The van der Waals surface area contributed by atoms with Crippen LogP contribution in [0.2, 0.25) is 0 Å². The molecular weight excluding hydrogens is 140 g/mol. The summed E-state index contributed by atoms with van der Waals surface area (Å²) in [5.41, 5.74) is 2.37. The minimum Gasteiger partial charge on any atom is -0.240 e. The highest BCUT2D eigenvalue weighted by molar-refractivity contribution is 5.21. The standard InChI is InChI=1S/C9H12O2/c1-8-4-3-5-9(6-8)7-11-10-2/h3-6H,7H2,1-2H3. The maximum Gasteiger partial charge on any atom is 0.107 e. The monoisotopic (exact) mass is 152 g/mol. The van der Waals surface area contributed by atoms with E-state index in [1.54, 1.807) is 0 Å². The molecule has 0 saturated heterocycles. The molecule has 1 aromatic rings. The average molecular weight is 152 g/mol. The van der Waals surface area contributed by atoms with Gasteiger partial charge in [-0.25, -0.2) is 9.78 Å². The lowest BCUT2D eigenvalue weighted by molar-refractivity contribution is -0.282.